The molecular weight excluding hydrogens is 214 g/mol. The van der Waals surface area contributed by atoms with Gasteiger partial charge in [0.1, 0.15) is 5.82 Å². The lowest BCUT2D eigenvalue weighted by atomic mass is 9.81. The number of Topliss-reactive ketones (excluding diaryl/α,β-unsaturated/α-hetero) is 1. The average Bonchev–Trinajstić information content (AvgIpc) is 2.28. The zero-order valence-corrected chi connectivity index (χ0v) is 10.1. The minimum absolute atomic E-state index is 0.0175. The number of nitrogen functional groups attached to an aromatic ring is 1. The van der Waals surface area contributed by atoms with E-state index in [0.717, 1.165) is 31.2 Å². The fourth-order valence-electron chi connectivity index (χ4n) is 2.57. The molecule has 17 heavy (non-hydrogen) atoms. The van der Waals surface area contributed by atoms with E-state index in [4.69, 9.17) is 11.5 Å². The predicted molar refractivity (Wildman–Crippen MR) is 67.7 cm³/mol. The molecule has 0 bridgehead atoms. The number of ketones is 1. The maximum Gasteiger partial charge on any atom is 0.169 e. The van der Waals surface area contributed by atoms with E-state index in [-0.39, 0.29) is 17.7 Å². The molecule has 0 radical (unpaired) electrons. The molecule has 0 aliphatic heterocycles. The van der Waals surface area contributed by atoms with E-state index in [1.165, 1.54) is 0 Å². The zero-order chi connectivity index (χ0) is 12.4. The van der Waals surface area contributed by atoms with Crippen LogP contribution in [-0.4, -0.2) is 16.8 Å². The van der Waals surface area contributed by atoms with Crippen molar-refractivity contribution < 1.29 is 4.79 Å². The summed E-state index contributed by atoms with van der Waals surface area (Å²) in [4.78, 5) is 16.4. The lowest BCUT2D eigenvalue weighted by Gasteiger charge is -2.26. The van der Waals surface area contributed by atoms with Gasteiger partial charge in [-0.15, -0.1) is 0 Å². The van der Waals surface area contributed by atoms with E-state index in [2.05, 4.69) is 4.98 Å². The highest BCUT2D eigenvalue weighted by Crippen LogP contribution is 2.28. The number of nitrogens with two attached hydrogens (primary N) is 2. The second kappa shape index (κ2) is 4.84. The van der Waals surface area contributed by atoms with Gasteiger partial charge in [0, 0.05) is 18.2 Å². The van der Waals surface area contributed by atoms with Gasteiger partial charge in [-0.05, 0) is 37.8 Å². The van der Waals surface area contributed by atoms with Crippen molar-refractivity contribution in [1.29, 1.82) is 0 Å². The van der Waals surface area contributed by atoms with Crippen molar-refractivity contribution >= 4 is 11.6 Å². The van der Waals surface area contributed by atoms with Crippen LogP contribution >= 0.6 is 0 Å². The molecule has 1 aromatic rings. The van der Waals surface area contributed by atoms with Crippen LogP contribution < -0.4 is 11.5 Å². The molecule has 1 aliphatic carbocycles. The molecule has 2 atom stereocenters. The van der Waals surface area contributed by atoms with E-state index in [0.29, 0.717) is 11.4 Å². The van der Waals surface area contributed by atoms with Gasteiger partial charge in [0.2, 0.25) is 0 Å². The third-order valence-electron chi connectivity index (χ3n) is 3.52. The van der Waals surface area contributed by atoms with Gasteiger partial charge in [-0.2, -0.15) is 0 Å². The SMILES string of the molecule is Cc1ccnc(N)c1C(=O)C1CCCC(N)C1. The highest BCUT2D eigenvalue weighted by molar-refractivity contribution is 6.02. The van der Waals surface area contributed by atoms with Crippen LogP contribution in [0.1, 0.15) is 41.6 Å². The molecule has 0 saturated heterocycles. The summed E-state index contributed by atoms with van der Waals surface area (Å²) in [5, 5.41) is 0. The van der Waals surface area contributed by atoms with Crippen LogP contribution in [0.3, 0.4) is 0 Å². The maximum atomic E-state index is 12.4. The van der Waals surface area contributed by atoms with Gasteiger partial charge in [-0.3, -0.25) is 4.79 Å². The normalized spacial score (nSPS) is 24.6. The van der Waals surface area contributed by atoms with Gasteiger partial charge < -0.3 is 11.5 Å². The number of carbonyl (C=O) groups excluding carboxylic acids is 1. The fraction of sp³-hybridized carbons (Fsp3) is 0.538. The number of aryl methyl sites for hydroxylation is 1. The summed E-state index contributed by atoms with van der Waals surface area (Å²) in [6, 6.07) is 1.97. The van der Waals surface area contributed by atoms with Crippen molar-refractivity contribution in [2.45, 2.75) is 38.6 Å². The summed E-state index contributed by atoms with van der Waals surface area (Å²) in [7, 11) is 0. The van der Waals surface area contributed by atoms with Crippen molar-refractivity contribution in [1.82, 2.24) is 4.98 Å². The molecule has 1 heterocycles. The first kappa shape index (κ1) is 12.0. The molecule has 1 aromatic heterocycles. The molecule has 0 amide bonds. The van der Waals surface area contributed by atoms with E-state index < -0.39 is 0 Å². The number of anilines is 1. The number of rotatable bonds is 2. The molecule has 92 valence electrons. The molecule has 2 rings (SSSR count). The topological polar surface area (TPSA) is 82.0 Å². The van der Waals surface area contributed by atoms with Crippen LogP contribution in [0.15, 0.2) is 12.3 Å². The van der Waals surface area contributed by atoms with Gasteiger partial charge in [-0.25, -0.2) is 4.98 Å². The lowest BCUT2D eigenvalue weighted by molar-refractivity contribution is 0.0881. The van der Waals surface area contributed by atoms with Gasteiger partial charge in [0.05, 0.1) is 5.56 Å². The average molecular weight is 233 g/mol. The third-order valence-corrected chi connectivity index (χ3v) is 3.52. The van der Waals surface area contributed by atoms with Crippen LogP contribution in [0.5, 0.6) is 0 Å². The molecule has 2 unspecified atom stereocenters. The molecule has 4 heteroatoms. The highest BCUT2D eigenvalue weighted by atomic mass is 16.1. The molecule has 0 aromatic carbocycles. The van der Waals surface area contributed by atoms with Gasteiger partial charge in [0.15, 0.2) is 5.78 Å². The zero-order valence-electron chi connectivity index (χ0n) is 10.1. The van der Waals surface area contributed by atoms with E-state index in [1.807, 2.05) is 13.0 Å². The molecule has 0 spiro atoms. The molecular formula is C13H19N3O. The van der Waals surface area contributed by atoms with Crippen LogP contribution in [0.25, 0.3) is 0 Å². The minimum Gasteiger partial charge on any atom is -0.383 e. The minimum atomic E-state index is 0.0175. The fourth-order valence-corrected chi connectivity index (χ4v) is 2.57. The Kier molecular flexibility index (Phi) is 3.43. The quantitative estimate of drug-likeness (QED) is 0.761. The van der Waals surface area contributed by atoms with Crippen LogP contribution in [0.2, 0.25) is 0 Å². The largest absolute Gasteiger partial charge is 0.383 e. The van der Waals surface area contributed by atoms with Gasteiger partial charge >= 0.3 is 0 Å². The van der Waals surface area contributed by atoms with Crippen LogP contribution in [0.4, 0.5) is 5.82 Å². The monoisotopic (exact) mass is 233 g/mol. The van der Waals surface area contributed by atoms with E-state index >= 15 is 0 Å². The Balaban J connectivity index is 2.24. The van der Waals surface area contributed by atoms with Crippen LogP contribution in [0, 0.1) is 12.8 Å². The first-order chi connectivity index (χ1) is 8.09. The summed E-state index contributed by atoms with van der Waals surface area (Å²) in [5.74, 6) is 0.473. The summed E-state index contributed by atoms with van der Waals surface area (Å²) in [6.45, 7) is 1.90. The summed E-state index contributed by atoms with van der Waals surface area (Å²) in [5.41, 5.74) is 13.2. The van der Waals surface area contributed by atoms with E-state index in [9.17, 15) is 4.79 Å². The number of pyridine rings is 1. The van der Waals surface area contributed by atoms with Gasteiger partial charge in [-0.1, -0.05) is 6.42 Å². The second-order valence-corrected chi connectivity index (χ2v) is 4.88. The number of aromatic nitrogens is 1. The van der Waals surface area contributed by atoms with E-state index in [1.54, 1.807) is 6.20 Å². The van der Waals surface area contributed by atoms with Crippen molar-refractivity contribution in [2.24, 2.45) is 11.7 Å². The first-order valence-corrected chi connectivity index (χ1v) is 6.10. The molecule has 4 nitrogen and oxygen atoms in total. The summed E-state index contributed by atoms with van der Waals surface area (Å²) >= 11 is 0. The Morgan fingerprint density at radius 2 is 2.24 bits per heavy atom. The van der Waals surface area contributed by atoms with Crippen molar-refractivity contribution in [3.8, 4) is 0 Å². The smallest absolute Gasteiger partial charge is 0.169 e. The highest BCUT2D eigenvalue weighted by Gasteiger charge is 2.28. The Morgan fingerprint density at radius 1 is 1.47 bits per heavy atom. The maximum absolute atomic E-state index is 12.4. The van der Waals surface area contributed by atoms with Crippen molar-refractivity contribution in [3.63, 3.8) is 0 Å². The molecule has 4 N–H and O–H groups in total. The Hall–Kier alpha value is -1.42. The van der Waals surface area contributed by atoms with Crippen molar-refractivity contribution in [2.75, 3.05) is 5.73 Å². The Bertz CT molecular complexity index is 410. The third kappa shape index (κ3) is 2.47. The predicted octanol–water partition coefficient (Wildman–Crippen LogP) is 1.67. The molecule has 1 aliphatic rings. The lowest BCUT2D eigenvalue weighted by Crippen LogP contribution is -2.32. The number of hydrogen-bond donors (Lipinski definition) is 2. The van der Waals surface area contributed by atoms with Gasteiger partial charge in [0.25, 0.3) is 0 Å². The second-order valence-electron chi connectivity index (χ2n) is 4.88. The van der Waals surface area contributed by atoms with Crippen LogP contribution in [-0.2, 0) is 0 Å². The number of nitrogens with zero attached hydrogens (tertiary/aromatic N) is 1. The summed E-state index contributed by atoms with van der Waals surface area (Å²) in [6.07, 6.45) is 5.36. The molecule has 1 fully saturated rings. The van der Waals surface area contributed by atoms with Crippen molar-refractivity contribution in [3.05, 3.63) is 23.4 Å². The Labute approximate surface area is 101 Å². The summed E-state index contributed by atoms with van der Waals surface area (Å²) < 4.78 is 0. The number of hydrogen-bond acceptors (Lipinski definition) is 4. The molecule has 1 saturated carbocycles. The number of carbonyl (C=O) groups is 1. The Morgan fingerprint density at radius 3 is 2.88 bits per heavy atom. The standard InChI is InChI=1S/C13H19N3O/c1-8-5-6-16-13(15)11(8)12(17)9-3-2-4-10(14)7-9/h5-6,9-10H,2-4,7,14H2,1H3,(H2,15,16). The first-order valence-electron chi connectivity index (χ1n) is 6.10.